The fraction of sp³-hybridized carbons (Fsp3) is 0.148. The van der Waals surface area contributed by atoms with Gasteiger partial charge in [0.25, 0.3) is 5.91 Å². The number of thioether (sulfide) groups is 1. The minimum atomic E-state index is -0.296. The van der Waals surface area contributed by atoms with Crippen LogP contribution < -0.4 is 14.4 Å². The lowest BCUT2D eigenvalue weighted by Crippen LogP contribution is -2.42. The second kappa shape index (κ2) is 11.2. The highest BCUT2D eigenvalue weighted by Crippen LogP contribution is 2.35. The van der Waals surface area contributed by atoms with Crippen molar-refractivity contribution < 1.29 is 19.1 Å². The Bertz CT molecular complexity index is 1260. The lowest BCUT2D eigenvalue weighted by atomic mass is 10.1. The third kappa shape index (κ3) is 5.72. The monoisotopic (exact) mass is 504 g/mol. The summed E-state index contributed by atoms with van der Waals surface area (Å²) in [6.07, 6.45) is 1.74. The van der Waals surface area contributed by atoms with Gasteiger partial charge in [0.1, 0.15) is 10.9 Å². The predicted molar refractivity (Wildman–Crippen MR) is 143 cm³/mol. The van der Waals surface area contributed by atoms with Gasteiger partial charge in [-0.1, -0.05) is 78.6 Å². The minimum Gasteiger partial charge on any atom is -0.493 e. The summed E-state index contributed by atoms with van der Waals surface area (Å²) in [5, 5.41) is 0. The first-order chi connectivity index (χ1) is 17.0. The van der Waals surface area contributed by atoms with Gasteiger partial charge in [-0.25, -0.2) is 0 Å². The number of methoxy groups -OCH3 is 2. The molecular formula is C27H24N2O4S2. The molecule has 6 nitrogen and oxygen atoms in total. The first-order valence-electron chi connectivity index (χ1n) is 10.9. The van der Waals surface area contributed by atoms with Gasteiger partial charge < -0.3 is 14.4 Å². The van der Waals surface area contributed by atoms with E-state index in [0.29, 0.717) is 27.3 Å². The molecule has 0 atom stereocenters. The molecule has 1 saturated heterocycles. The SMILES string of the molecule is COc1ccc(C=C2SC(=S)N(CC(=O)N(Cc3ccccc3)c3ccccc3)C2=O)cc1OC. The number of carbonyl (C=O) groups excluding carboxylic acids is 2. The molecule has 0 saturated carbocycles. The highest BCUT2D eigenvalue weighted by Gasteiger charge is 2.34. The van der Waals surface area contributed by atoms with E-state index in [1.165, 1.54) is 16.7 Å². The molecule has 2 amide bonds. The summed E-state index contributed by atoms with van der Waals surface area (Å²) in [5.74, 6) is 0.646. The molecule has 0 aliphatic carbocycles. The highest BCUT2D eigenvalue weighted by atomic mass is 32.2. The molecule has 0 N–H and O–H groups in total. The maximum atomic E-state index is 13.4. The largest absolute Gasteiger partial charge is 0.493 e. The molecule has 1 fully saturated rings. The maximum absolute atomic E-state index is 13.4. The van der Waals surface area contributed by atoms with E-state index in [1.807, 2.05) is 66.7 Å². The van der Waals surface area contributed by atoms with Crippen LogP contribution in [0.2, 0.25) is 0 Å². The van der Waals surface area contributed by atoms with Crippen LogP contribution in [0.1, 0.15) is 11.1 Å². The summed E-state index contributed by atoms with van der Waals surface area (Å²) in [5.41, 5.74) is 2.51. The number of rotatable bonds is 8. The van der Waals surface area contributed by atoms with Crippen LogP contribution in [0.15, 0.2) is 83.8 Å². The van der Waals surface area contributed by atoms with Crippen molar-refractivity contribution in [3.05, 3.63) is 94.9 Å². The summed E-state index contributed by atoms with van der Waals surface area (Å²) in [6.45, 7) is 0.246. The summed E-state index contributed by atoms with van der Waals surface area (Å²) in [7, 11) is 3.12. The molecule has 35 heavy (non-hydrogen) atoms. The van der Waals surface area contributed by atoms with Crippen LogP contribution in [-0.4, -0.2) is 41.8 Å². The first kappa shape index (κ1) is 24.5. The van der Waals surface area contributed by atoms with Crippen molar-refractivity contribution in [2.24, 2.45) is 0 Å². The fourth-order valence-corrected chi connectivity index (χ4v) is 4.90. The molecule has 0 unspecified atom stereocenters. The topological polar surface area (TPSA) is 59.1 Å². The smallest absolute Gasteiger partial charge is 0.266 e. The van der Waals surface area contributed by atoms with Gasteiger partial charge in [-0.15, -0.1) is 0 Å². The van der Waals surface area contributed by atoms with Crippen molar-refractivity contribution in [2.75, 3.05) is 25.7 Å². The van der Waals surface area contributed by atoms with E-state index in [9.17, 15) is 9.59 Å². The zero-order chi connectivity index (χ0) is 24.8. The van der Waals surface area contributed by atoms with E-state index < -0.39 is 0 Å². The molecular weight excluding hydrogens is 480 g/mol. The molecule has 1 aliphatic rings. The molecule has 8 heteroatoms. The summed E-state index contributed by atoms with van der Waals surface area (Å²) in [4.78, 5) is 30.1. The van der Waals surface area contributed by atoms with Gasteiger partial charge in [-0.05, 0) is 41.5 Å². The Balaban J connectivity index is 1.54. The Morgan fingerprint density at radius 1 is 0.971 bits per heavy atom. The quantitative estimate of drug-likeness (QED) is 0.313. The summed E-state index contributed by atoms with van der Waals surface area (Å²) >= 11 is 6.64. The van der Waals surface area contributed by atoms with Crippen molar-refractivity contribution in [1.29, 1.82) is 0 Å². The average Bonchev–Trinajstić information content (AvgIpc) is 3.15. The van der Waals surface area contributed by atoms with Crippen LogP contribution in [0.4, 0.5) is 5.69 Å². The second-order valence-corrected chi connectivity index (χ2v) is 9.36. The number of benzene rings is 3. The first-order valence-corrected chi connectivity index (χ1v) is 12.1. The number of anilines is 1. The Labute approximate surface area is 214 Å². The molecule has 178 valence electrons. The highest BCUT2D eigenvalue weighted by molar-refractivity contribution is 8.26. The molecule has 1 heterocycles. The van der Waals surface area contributed by atoms with Gasteiger partial charge >= 0.3 is 0 Å². The van der Waals surface area contributed by atoms with Gasteiger partial charge in [0, 0.05) is 5.69 Å². The summed E-state index contributed by atoms with van der Waals surface area (Å²) < 4.78 is 11.0. The molecule has 0 aromatic heterocycles. The second-order valence-electron chi connectivity index (χ2n) is 7.68. The van der Waals surface area contributed by atoms with E-state index in [2.05, 4.69) is 0 Å². The standard InChI is InChI=1S/C27H24N2O4S2/c1-32-22-14-13-20(15-23(22)33-2)16-24-26(31)29(27(34)35-24)18-25(30)28(21-11-7-4-8-12-21)17-19-9-5-3-6-10-19/h3-16H,17-18H2,1-2H3. The number of nitrogens with zero attached hydrogens (tertiary/aromatic N) is 2. The third-order valence-corrected chi connectivity index (χ3v) is 6.80. The minimum absolute atomic E-state index is 0.143. The Morgan fingerprint density at radius 3 is 2.29 bits per heavy atom. The van der Waals surface area contributed by atoms with Crippen molar-refractivity contribution >= 4 is 51.9 Å². The maximum Gasteiger partial charge on any atom is 0.266 e. The van der Waals surface area contributed by atoms with Gasteiger partial charge in [0.2, 0.25) is 5.91 Å². The lowest BCUT2D eigenvalue weighted by molar-refractivity contribution is -0.127. The normalized spacial score (nSPS) is 14.3. The summed E-state index contributed by atoms with van der Waals surface area (Å²) in [6, 6.07) is 24.5. The van der Waals surface area contributed by atoms with Crippen LogP contribution in [-0.2, 0) is 16.1 Å². The van der Waals surface area contributed by atoms with Crippen LogP contribution in [0, 0.1) is 0 Å². The van der Waals surface area contributed by atoms with Crippen molar-refractivity contribution in [3.8, 4) is 11.5 Å². The fourth-order valence-electron chi connectivity index (χ4n) is 3.65. The molecule has 1 aliphatic heterocycles. The van der Waals surface area contributed by atoms with Crippen LogP contribution in [0.5, 0.6) is 11.5 Å². The van der Waals surface area contributed by atoms with Gasteiger partial charge in [0.15, 0.2) is 11.5 Å². The number of thiocarbonyl (C=S) groups is 1. The van der Waals surface area contributed by atoms with Gasteiger partial charge in [-0.2, -0.15) is 0 Å². The van der Waals surface area contributed by atoms with Crippen molar-refractivity contribution in [2.45, 2.75) is 6.54 Å². The lowest BCUT2D eigenvalue weighted by Gasteiger charge is -2.25. The third-order valence-electron chi connectivity index (χ3n) is 5.42. The van der Waals surface area contributed by atoms with Crippen LogP contribution in [0.3, 0.4) is 0 Å². The Kier molecular flexibility index (Phi) is 7.84. The van der Waals surface area contributed by atoms with Crippen LogP contribution in [0.25, 0.3) is 6.08 Å². The van der Waals surface area contributed by atoms with Crippen molar-refractivity contribution in [3.63, 3.8) is 0 Å². The van der Waals surface area contributed by atoms with E-state index in [4.69, 9.17) is 21.7 Å². The number of carbonyl (C=O) groups is 2. The zero-order valence-electron chi connectivity index (χ0n) is 19.3. The van der Waals surface area contributed by atoms with Gasteiger partial charge in [-0.3, -0.25) is 14.5 Å². The number of hydrogen-bond donors (Lipinski definition) is 0. The van der Waals surface area contributed by atoms with E-state index in [0.717, 1.165) is 16.8 Å². The predicted octanol–water partition coefficient (Wildman–Crippen LogP) is 5.14. The molecule has 4 rings (SSSR count). The molecule has 0 radical (unpaired) electrons. The van der Waals surface area contributed by atoms with E-state index >= 15 is 0 Å². The van der Waals surface area contributed by atoms with E-state index in [1.54, 1.807) is 37.3 Å². The van der Waals surface area contributed by atoms with Crippen molar-refractivity contribution in [1.82, 2.24) is 4.90 Å². The number of ether oxygens (including phenoxy) is 2. The Hall–Kier alpha value is -3.62. The zero-order valence-corrected chi connectivity index (χ0v) is 21.0. The molecule has 3 aromatic rings. The number of para-hydroxylation sites is 1. The molecule has 0 bridgehead atoms. The Morgan fingerprint density at radius 2 is 1.63 bits per heavy atom. The average molecular weight is 505 g/mol. The number of hydrogen-bond acceptors (Lipinski definition) is 6. The molecule has 3 aromatic carbocycles. The number of amides is 2. The van der Waals surface area contributed by atoms with Gasteiger partial charge in [0.05, 0.1) is 25.7 Å². The van der Waals surface area contributed by atoms with Crippen LogP contribution >= 0.6 is 24.0 Å². The molecule has 0 spiro atoms. The van der Waals surface area contributed by atoms with E-state index in [-0.39, 0.29) is 18.4 Å².